The molecular formula is C19H14ClNO4S. The molecule has 7 heteroatoms. The Labute approximate surface area is 155 Å². The number of phenols is 1. The maximum absolute atomic E-state index is 12.9. The second-order valence-electron chi connectivity index (χ2n) is 5.43. The second kappa shape index (κ2) is 7.19. The molecular weight excluding hydrogens is 374 g/mol. The molecule has 0 spiro atoms. The van der Waals surface area contributed by atoms with Crippen LogP contribution in [0.25, 0.3) is 0 Å². The molecule has 0 bridgehead atoms. The van der Waals surface area contributed by atoms with E-state index in [0.717, 1.165) is 0 Å². The summed E-state index contributed by atoms with van der Waals surface area (Å²) in [5.74, 6) is -0.920. The Balaban J connectivity index is 2.01. The predicted octanol–water partition coefficient (Wildman–Crippen LogP) is 4.13. The number of carbonyl (C=O) groups excluding carboxylic acids is 1. The van der Waals surface area contributed by atoms with Crippen molar-refractivity contribution in [2.24, 2.45) is 0 Å². The summed E-state index contributed by atoms with van der Waals surface area (Å²) in [5.41, 5.74) is 0.0603. The number of aromatic hydroxyl groups is 1. The van der Waals surface area contributed by atoms with E-state index in [-0.39, 0.29) is 31.8 Å². The van der Waals surface area contributed by atoms with Crippen molar-refractivity contribution >= 4 is 33.0 Å². The summed E-state index contributed by atoms with van der Waals surface area (Å²) >= 11 is 5.86. The van der Waals surface area contributed by atoms with Crippen LogP contribution in [0.4, 0.5) is 5.69 Å². The molecule has 132 valence electrons. The summed E-state index contributed by atoms with van der Waals surface area (Å²) < 4.78 is 25.7. The van der Waals surface area contributed by atoms with Crippen LogP contribution in [0.5, 0.6) is 5.75 Å². The number of carbonyl (C=O) groups is 1. The Morgan fingerprint density at radius 3 is 2.31 bits per heavy atom. The molecule has 3 aromatic rings. The van der Waals surface area contributed by atoms with Crippen molar-refractivity contribution in [3.63, 3.8) is 0 Å². The monoisotopic (exact) mass is 387 g/mol. The number of rotatable bonds is 4. The SMILES string of the molecule is O=C(Nc1ccccc1S(=O)(=O)c1ccccc1)c1cc(Cl)ccc1O. The first-order valence-electron chi connectivity index (χ1n) is 7.58. The van der Waals surface area contributed by atoms with Gasteiger partial charge in [-0.1, -0.05) is 41.9 Å². The number of hydrogen-bond donors (Lipinski definition) is 2. The Morgan fingerprint density at radius 2 is 1.58 bits per heavy atom. The number of phenolic OH excluding ortho intramolecular Hbond substituents is 1. The van der Waals surface area contributed by atoms with Gasteiger partial charge >= 0.3 is 0 Å². The van der Waals surface area contributed by atoms with Crippen molar-refractivity contribution in [2.45, 2.75) is 9.79 Å². The second-order valence-corrected chi connectivity index (χ2v) is 7.78. The van der Waals surface area contributed by atoms with E-state index in [9.17, 15) is 18.3 Å². The van der Waals surface area contributed by atoms with Gasteiger partial charge in [0.15, 0.2) is 0 Å². The Morgan fingerprint density at radius 1 is 0.923 bits per heavy atom. The van der Waals surface area contributed by atoms with Crippen LogP contribution in [0.3, 0.4) is 0 Å². The Bertz CT molecular complexity index is 1070. The van der Waals surface area contributed by atoms with Gasteiger partial charge < -0.3 is 10.4 Å². The molecule has 0 aliphatic heterocycles. The number of amides is 1. The van der Waals surface area contributed by atoms with Crippen molar-refractivity contribution in [2.75, 3.05) is 5.32 Å². The van der Waals surface area contributed by atoms with Crippen LogP contribution in [0, 0.1) is 0 Å². The summed E-state index contributed by atoms with van der Waals surface area (Å²) in [4.78, 5) is 12.6. The van der Waals surface area contributed by atoms with Gasteiger partial charge in [0.05, 0.1) is 21.0 Å². The molecule has 0 saturated carbocycles. The quantitative estimate of drug-likeness (QED) is 0.705. The third-order valence-electron chi connectivity index (χ3n) is 3.68. The van der Waals surface area contributed by atoms with Gasteiger partial charge in [0, 0.05) is 5.02 Å². The van der Waals surface area contributed by atoms with Gasteiger partial charge in [0.25, 0.3) is 5.91 Å². The van der Waals surface area contributed by atoms with Crippen molar-refractivity contribution in [1.82, 2.24) is 0 Å². The van der Waals surface area contributed by atoms with E-state index in [0.29, 0.717) is 0 Å². The third kappa shape index (κ3) is 3.56. The molecule has 0 aliphatic carbocycles. The average Bonchev–Trinajstić information content (AvgIpc) is 2.64. The van der Waals surface area contributed by atoms with Gasteiger partial charge in [0.1, 0.15) is 5.75 Å². The lowest BCUT2D eigenvalue weighted by Crippen LogP contribution is -2.15. The van der Waals surface area contributed by atoms with E-state index < -0.39 is 15.7 Å². The molecule has 3 aromatic carbocycles. The van der Waals surface area contributed by atoms with E-state index in [2.05, 4.69) is 5.32 Å². The van der Waals surface area contributed by atoms with Gasteiger partial charge in [0.2, 0.25) is 9.84 Å². The molecule has 2 N–H and O–H groups in total. The number of hydrogen-bond acceptors (Lipinski definition) is 4. The van der Waals surface area contributed by atoms with E-state index in [1.165, 1.54) is 42.5 Å². The molecule has 3 rings (SSSR count). The number of para-hydroxylation sites is 1. The van der Waals surface area contributed by atoms with E-state index in [1.54, 1.807) is 30.3 Å². The fraction of sp³-hybridized carbons (Fsp3) is 0. The zero-order valence-corrected chi connectivity index (χ0v) is 15.0. The van der Waals surface area contributed by atoms with E-state index in [4.69, 9.17) is 11.6 Å². The summed E-state index contributed by atoms with van der Waals surface area (Å²) in [6.07, 6.45) is 0. The minimum absolute atomic E-state index is 0.0407. The highest BCUT2D eigenvalue weighted by Gasteiger charge is 2.22. The normalized spacial score (nSPS) is 11.1. The zero-order chi connectivity index (χ0) is 18.7. The summed E-state index contributed by atoms with van der Waals surface area (Å²) in [5, 5.41) is 12.7. The molecule has 0 radical (unpaired) electrons. The number of anilines is 1. The largest absolute Gasteiger partial charge is 0.507 e. The lowest BCUT2D eigenvalue weighted by atomic mass is 10.2. The van der Waals surface area contributed by atoms with Crippen LogP contribution < -0.4 is 5.32 Å². The average molecular weight is 388 g/mol. The standard InChI is InChI=1S/C19H14ClNO4S/c20-13-10-11-17(22)15(12-13)19(23)21-16-8-4-5-9-18(16)26(24,25)14-6-2-1-3-7-14/h1-12,22H,(H,21,23). The van der Waals surface area contributed by atoms with Gasteiger partial charge in [-0.05, 0) is 42.5 Å². The highest BCUT2D eigenvalue weighted by Crippen LogP contribution is 2.29. The fourth-order valence-electron chi connectivity index (χ4n) is 2.41. The molecule has 0 fully saturated rings. The van der Waals surface area contributed by atoms with Crippen molar-refractivity contribution in [3.8, 4) is 5.75 Å². The lowest BCUT2D eigenvalue weighted by molar-refractivity contribution is 0.102. The minimum Gasteiger partial charge on any atom is -0.507 e. The first kappa shape index (κ1) is 18.0. The molecule has 0 unspecified atom stereocenters. The first-order chi connectivity index (χ1) is 12.4. The maximum atomic E-state index is 12.9. The first-order valence-corrected chi connectivity index (χ1v) is 9.45. The minimum atomic E-state index is -3.82. The molecule has 5 nitrogen and oxygen atoms in total. The topological polar surface area (TPSA) is 83.5 Å². The van der Waals surface area contributed by atoms with E-state index in [1.807, 2.05) is 0 Å². The van der Waals surface area contributed by atoms with Crippen LogP contribution in [-0.2, 0) is 9.84 Å². The number of sulfone groups is 1. The molecule has 26 heavy (non-hydrogen) atoms. The van der Waals surface area contributed by atoms with Crippen molar-refractivity contribution in [1.29, 1.82) is 0 Å². The summed E-state index contributed by atoms with van der Waals surface area (Å²) in [6, 6.07) is 18.1. The number of benzene rings is 3. The van der Waals surface area contributed by atoms with Crippen LogP contribution in [0.1, 0.15) is 10.4 Å². The molecule has 0 aliphatic rings. The van der Waals surface area contributed by atoms with E-state index >= 15 is 0 Å². The van der Waals surface area contributed by atoms with Crippen molar-refractivity contribution < 1.29 is 18.3 Å². The smallest absolute Gasteiger partial charge is 0.259 e. The van der Waals surface area contributed by atoms with Crippen LogP contribution in [0.15, 0.2) is 82.6 Å². The molecule has 0 heterocycles. The van der Waals surface area contributed by atoms with Crippen molar-refractivity contribution in [3.05, 3.63) is 83.4 Å². The summed E-state index contributed by atoms with van der Waals surface area (Å²) in [6.45, 7) is 0. The zero-order valence-electron chi connectivity index (χ0n) is 13.4. The Hall–Kier alpha value is -2.83. The van der Waals surface area contributed by atoms with Crippen LogP contribution in [-0.4, -0.2) is 19.4 Å². The fourth-order valence-corrected chi connectivity index (χ4v) is 4.02. The predicted molar refractivity (Wildman–Crippen MR) is 99.4 cm³/mol. The molecule has 0 saturated heterocycles. The van der Waals surface area contributed by atoms with Gasteiger partial charge in [-0.3, -0.25) is 4.79 Å². The number of nitrogens with one attached hydrogen (secondary N) is 1. The van der Waals surface area contributed by atoms with Gasteiger partial charge in [-0.15, -0.1) is 0 Å². The van der Waals surface area contributed by atoms with Gasteiger partial charge in [-0.2, -0.15) is 0 Å². The summed E-state index contributed by atoms with van der Waals surface area (Å²) in [7, 11) is -3.82. The molecule has 0 atom stereocenters. The van der Waals surface area contributed by atoms with Crippen LogP contribution in [0.2, 0.25) is 5.02 Å². The van der Waals surface area contributed by atoms with Gasteiger partial charge in [-0.25, -0.2) is 8.42 Å². The Kier molecular flexibility index (Phi) is 4.97. The highest BCUT2D eigenvalue weighted by atomic mass is 35.5. The molecule has 0 aromatic heterocycles. The highest BCUT2D eigenvalue weighted by molar-refractivity contribution is 7.91. The third-order valence-corrected chi connectivity index (χ3v) is 5.74. The van der Waals surface area contributed by atoms with Crippen LogP contribution >= 0.6 is 11.6 Å². The maximum Gasteiger partial charge on any atom is 0.259 e. The lowest BCUT2D eigenvalue weighted by Gasteiger charge is -2.12. The number of halogens is 1. The molecule has 1 amide bonds.